The second-order valence-electron chi connectivity index (χ2n) is 6.64. The molecule has 6 heteroatoms. The Bertz CT molecular complexity index is 777. The molecule has 0 fully saturated rings. The molecule has 26 heavy (non-hydrogen) atoms. The fourth-order valence-corrected chi connectivity index (χ4v) is 3.85. The van der Waals surface area contributed by atoms with Crippen LogP contribution in [-0.2, 0) is 9.53 Å². The van der Waals surface area contributed by atoms with Gasteiger partial charge in [0.25, 0.3) is 5.91 Å². The summed E-state index contributed by atoms with van der Waals surface area (Å²) in [4.78, 5) is 14.2. The second kappa shape index (κ2) is 7.00. The lowest BCUT2D eigenvalue weighted by Gasteiger charge is -2.48. The number of hydrogen-bond donors (Lipinski definition) is 1. The summed E-state index contributed by atoms with van der Waals surface area (Å²) in [5, 5.41) is 20.5. The Balaban J connectivity index is 2.07. The number of carbonyl (C=O) groups excluding carboxylic acids is 1. The fraction of sp³-hybridized carbons (Fsp3) is 0.500. The number of benzene rings is 1. The average molecular weight is 356 g/mol. The van der Waals surface area contributed by atoms with Gasteiger partial charge in [-0.2, -0.15) is 5.26 Å². The van der Waals surface area contributed by atoms with Gasteiger partial charge >= 0.3 is 0 Å². The highest BCUT2D eigenvalue weighted by molar-refractivity contribution is 5.91. The van der Waals surface area contributed by atoms with Gasteiger partial charge in [0, 0.05) is 11.6 Å². The van der Waals surface area contributed by atoms with Crippen molar-refractivity contribution in [2.45, 2.75) is 51.4 Å². The minimum atomic E-state index is -0.905. The van der Waals surface area contributed by atoms with Gasteiger partial charge in [-0.25, -0.2) is 0 Å². The maximum absolute atomic E-state index is 12.6. The summed E-state index contributed by atoms with van der Waals surface area (Å²) in [6, 6.07) is 6.67. The van der Waals surface area contributed by atoms with Crippen LogP contribution in [0, 0.1) is 11.3 Å². The van der Waals surface area contributed by atoms with Gasteiger partial charge in [0.05, 0.1) is 30.8 Å². The van der Waals surface area contributed by atoms with Crippen molar-refractivity contribution in [1.82, 2.24) is 4.90 Å². The smallest absolute Gasteiger partial charge is 0.251 e. The van der Waals surface area contributed by atoms with Crippen LogP contribution in [0.3, 0.4) is 0 Å². The zero-order valence-electron chi connectivity index (χ0n) is 15.4. The number of nitrogens with zero attached hydrogens (tertiary/aromatic N) is 2. The number of aliphatic hydroxyl groups excluding tert-OH is 1. The van der Waals surface area contributed by atoms with Crippen molar-refractivity contribution in [3.8, 4) is 11.8 Å². The normalized spacial score (nSPS) is 23.7. The zero-order chi connectivity index (χ0) is 18.9. The van der Waals surface area contributed by atoms with Crippen molar-refractivity contribution in [3.63, 3.8) is 0 Å². The monoisotopic (exact) mass is 356 g/mol. The van der Waals surface area contributed by atoms with Crippen LogP contribution < -0.4 is 4.74 Å². The van der Waals surface area contributed by atoms with Gasteiger partial charge in [-0.3, -0.25) is 4.79 Å². The summed E-state index contributed by atoms with van der Waals surface area (Å²) in [5.74, 6) is 1.00. The lowest BCUT2D eigenvalue weighted by molar-refractivity contribution is -0.142. The minimum Gasteiger partial charge on any atom is -0.496 e. The van der Waals surface area contributed by atoms with Gasteiger partial charge in [0.2, 0.25) is 0 Å². The van der Waals surface area contributed by atoms with Gasteiger partial charge in [-0.1, -0.05) is 13.8 Å². The molecule has 1 N–H and O–H groups in total. The number of nitriles is 1. The maximum atomic E-state index is 12.6. The Kier molecular flexibility index (Phi) is 4.92. The second-order valence-corrected chi connectivity index (χ2v) is 6.64. The summed E-state index contributed by atoms with van der Waals surface area (Å²) in [5.41, 5.74) is 0.351. The first kappa shape index (κ1) is 18.3. The van der Waals surface area contributed by atoms with Crippen molar-refractivity contribution in [2.75, 3.05) is 13.2 Å². The standard InChI is InChI=1S/C20H24N2O4/c1-4-20(5-2)19(24)18(22-12-14(25-6-3)10-17(22)23)15-9-13(11-21)7-8-16(15)26-20/h7-10,18-19,24H,4-6,12H2,1-3H3. The molecule has 0 spiro atoms. The molecule has 0 bridgehead atoms. The van der Waals surface area contributed by atoms with Crippen molar-refractivity contribution >= 4 is 5.91 Å². The third kappa shape index (κ3) is 2.82. The van der Waals surface area contributed by atoms with Crippen LogP contribution in [0.1, 0.15) is 50.8 Å². The Labute approximate surface area is 153 Å². The number of rotatable bonds is 5. The fourth-order valence-electron chi connectivity index (χ4n) is 3.85. The minimum absolute atomic E-state index is 0.200. The molecule has 2 aliphatic heterocycles. The predicted molar refractivity (Wildman–Crippen MR) is 95.3 cm³/mol. The van der Waals surface area contributed by atoms with Crippen LogP contribution in [-0.4, -0.2) is 40.8 Å². The Morgan fingerprint density at radius 3 is 2.73 bits per heavy atom. The van der Waals surface area contributed by atoms with E-state index >= 15 is 0 Å². The van der Waals surface area contributed by atoms with E-state index in [-0.39, 0.29) is 5.91 Å². The van der Waals surface area contributed by atoms with E-state index in [4.69, 9.17) is 9.47 Å². The van der Waals surface area contributed by atoms with Gasteiger partial charge in [0.1, 0.15) is 23.2 Å². The summed E-state index contributed by atoms with van der Waals surface area (Å²) >= 11 is 0. The van der Waals surface area contributed by atoms with Crippen LogP contribution in [0.5, 0.6) is 5.75 Å². The van der Waals surface area contributed by atoms with E-state index in [0.29, 0.717) is 48.6 Å². The molecule has 6 nitrogen and oxygen atoms in total. The molecule has 2 heterocycles. The lowest BCUT2D eigenvalue weighted by Crippen LogP contribution is -2.56. The first-order valence-electron chi connectivity index (χ1n) is 9.04. The molecule has 0 aliphatic carbocycles. The SMILES string of the molecule is CCOC1=CC(=O)N(C2c3cc(C#N)ccc3OC(CC)(CC)C2O)C1. The average Bonchev–Trinajstić information content (AvgIpc) is 3.01. The highest BCUT2D eigenvalue weighted by atomic mass is 16.5. The predicted octanol–water partition coefficient (Wildman–Crippen LogP) is 2.67. The Morgan fingerprint density at radius 2 is 2.12 bits per heavy atom. The molecule has 0 saturated carbocycles. The van der Waals surface area contributed by atoms with Crippen LogP contribution in [0.15, 0.2) is 30.0 Å². The Hall–Kier alpha value is -2.52. The third-order valence-corrected chi connectivity index (χ3v) is 5.37. The topological polar surface area (TPSA) is 82.8 Å². The van der Waals surface area contributed by atoms with E-state index in [0.717, 1.165) is 0 Å². The van der Waals surface area contributed by atoms with E-state index in [1.807, 2.05) is 20.8 Å². The number of ether oxygens (including phenoxy) is 2. The molecule has 0 saturated heterocycles. The molecule has 0 aromatic heterocycles. The van der Waals surface area contributed by atoms with Gasteiger partial charge in [-0.05, 0) is 38.0 Å². The van der Waals surface area contributed by atoms with Crippen LogP contribution >= 0.6 is 0 Å². The summed E-state index contributed by atoms with van der Waals surface area (Å²) in [6.07, 6.45) is 1.78. The lowest BCUT2D eigenvalue weighted by atomic mass is 9.79. The van der Waals surface area contributed by atoms with Gasteiger partial charge in [0.15, 0.2) is 0 Å². The van der Waals surface area contributed by atoms with E-state index in [9.17, 15) is 15.2 Å². The largest absolute Gasteiger partial charge is 0.496 e. The molecule has 2 atom stereocenters. The van der Waals surface area contributed by atoms with Crippen LogP contribution in [0.25, 0.3) is 0 Å². The van der Waals surface area contributed by atoms with Crippen molar-refractivity contribution in [2.24, 2.45) is 0 Å². The molecule has 1 aromatic carbocycles. The van der Waals surface area contributed by atoms with Gasteiger partial charge < -0.3 is 19.5 Å². The molecule has 2 unspecified atom stereocenters. The number of hydrogen-bond acceptors (Lipinski definition) is 5. The molecule has 0 radical (unpaired) electrons. The zero-order valence-corrected chi connectivity index (χ0v) is 15.4. The molecule has 138 valence electrons. The summed E-state index contributed by atoms with van der Waals surface area (Å²) in [7, 11) is 0. The highest BCUT2D eigenvalue weighted by Crippen LogP contribution is 2.46. The Morgan fingerprint density at radius 1 is 1.38 bits per heavy atom. The van der Waals surface area contributed by atoms with E-state index in [2.05, 4.69) is 6.07 Å². The number of fused-ring (bicyclic) bond motifs is 1. The molecule has 3 rings (SSSR count). The molecular weight excluding hydrogens is 332 g/mol. The van der Waals surface area contributed by atoms with E-state index < -0.39 is 17.7 Å². The molecular formula is C20H24N2O4. The van der Waals surface area contributed by atoms with E-state index in [1.165, 1.54) is 6.08 Å². The maximum Gasteiger partial charge on any atom is 0.251 e. The first-order chi connectivity index (χ1) is 12.5. The van der Waals surface area contributed by atoms with Crippen molar-refractivity contribution in [3.05, 3.63) is 41.2 Å². The van der Waals surface area contributed by atoms with Crippen molar-refractivity contribution in [1.29, 1.82) is 5.26 Å². The molecule has 2 aliphatic rings. The van der Waals surface area contributed by atoms with Crippen LogP contribution in [0.4, 0.5) is 0 Å². The number of carbonyl (C=O) groups is 1. The molecule has 1 amide bonds. The summed E-state index contributed by atoms with van der Waals surface area (Å²) in [6.45, 7) is 6.58. The van der Waals surface area contributed by atoms with Crippen molar-refractivity contribution < 1.29 is 19.4 Å². The quantitative estimate of drug-likeness (QED) is 0.877. The number of amides is 1. The van der Waals surface area contributed by atoms with Gasteiger partial charge in [-0.15, -0.1) is 0 Å². The first-order valence-corrected chi connectivity index (χ1v) is 9.04. The summed E-state index contributed by atoms with van der Waals surface area (Å²) < 4.78 is 11.7. The van der Waals surface area contributed by atoms with Crippen LogP contribution in [0.2, 0.25) is 0 Å². The molecule has 1 aromatic rings. The van der Waals surface area contributed by atoms with E-state index in [1.54, 1.807) is 23.1 Å². The highest BCUT2D eigenvalue weighted by Gasteiger charge is 2.51. The number of aliphatic hydroxyl groups is 1. The third-order valence-electron chi connectivity index (χ3n) is 5.37.